The molecule has 13 heteroatoms. The Morgan fingerprint density at radius 2 is 0.885 bits per heavy atom. The predicted octanol–water partition coefficient (Wildman–Crippen LogP) is 7.50. The SMILES string of the molecule is O=C(/C=C/c1ccco1)c1ccc(NS(=O)(=O)c2cccc(C(=O)c3cccc(S(=O)(=O)Nc4ccc(C(=O)/C=C/c5ccco5)cc4)c3)c2)cc1. The highest BCUT2D eigenvalue weighted by molar-refractivity contribution is 7.93. The molecule has 4 aromatic carbocycles. The second-order valence-electron chi connectivity index (χ2n) is 11.2. The maximum Gasteiger partial charge on any atom is 0.261 e. The Morgan fingerprint density at radius 3 is 1.25 bits per heavy atom. The number of rotatable bonds is 14. The van der Waals surface area contributed by atoms with Gasteiger partial charge in [0.25, 0.3) is 20.0 Å². The van der Waals surface area contributed by atoms with Gasteiger partial charge in [0.15, 0.2) is 17.3 Å². The van der Waals surface area contributed by atoms with E-state index in [1.165, 1.54) is 134 Å². The Labute approximate surface area is 299 Å². The number of hydrogen-bond donors (Lipinski definition) is 2. The van der Waals surface area contributed by atoms with Crippen molar-refractivity contribution in [3.05, 3.63) is 180 Å². The van der Waals surface area contributed by atoms with Gasteiger partial charge in [-0.05, 0) is 121 Å². The Kier molecular flexibility index (Phi) is 10.3. The van der Waals surface area contributed by atoms with Crippen molar-refractivity contribution in [2.75, 3.05) is 9.44 Å². The van der Waals surface area contributed by atoms with E-state index in [1.807, 2.05) is 0 Å². The topological polar surface area (TPSA) is 170 Å². The van der Waals surface area contributed by atoms with Gasteiger partial charge in [0.2, 0.25) is 0 Å². The summed E-state index contributed by atoms with van der Waals surface area (Å²) in [6.07, 6.45) is 8.70. The van der Waals surface area contributed by atoms with E-state index in [1.54, 1.807) is 24.3 Å². The number of nitrogens with one attached hydrogen (secondary N) is 2. The summed E-state index contributed by atoms with van der Waals surface area (Å²) in [5, 5.41) is 0. The van der Waals surface area contributed by atoms with Crippen LogP contribution < -0.4 is 9.44 Å². The average Bonchev–Trinajstić information content (AvgIpc) is 3.88. The first-order valence-electron chi connectivity index (χ1n) is 15.5. The molecule has 0 saturated carbocycles. The fourth-order valence-corrected chi connectivity index (χ4v) is 7.10. The molecule has 0 aliphatic heterocycles. The van der Waals surface area contributed by atoms with Crippen molar-refractivity contribution in [3.8, 4) is 0 Å². The highest BCUT2D eigenvalue weighted by Gasteiger charge is 2.20. The maximum atomic E-state index is 13.5. The number of allylic oxidation sites excluding steroid dienone is 2. The normalized spacial score (nSPS) is 11.8. The zero-order valence-electron chi connectivity index (χ0n) is 27.0. The Morgan fingerprint density at radius 1 is 0.481 bits per heavy atom. The van der Waals surface area contributed by atoms with Gasteiger partial charge in [0, 0.05) is 33.6 Å². The molecule has 0 spiro atoms. The van der Waals surface area contributed by atoms with Gasteiger partial charge in [-0.25, -0.2) is 16.8 Å². The third kappa shape index (κ3) is 8.59. The lowest BCUT2D eigenvalue weighted by Gasteiger charge is -2.11. The highest BCUT2D eigenvalue weighted by Crippen LogP contribution is 2.23. The molecule has 6 rings (SSSR count). The van der Waals surface area contributed by atoms with Crippen LogP contribution in [-0.2, 0) is 20.0 Å². The second kappa shape index (κ2) is 15.1. The van der Waals surface area contributed by atoms with Crippen LogP contribution in [0.1, 0.15) is 48.2 Å². The smallest absolute Gasteiger partial charge is 0.261 e. The summed E-state index contributed by atoms with van der Waals surface area (Å²) in [5.74, 6) is -0.189. The molecule has 2 aromatic heterocycles. The van der Waals surface area contributed by atoms with Crippen molar-refractivity contribution < 1.29 is 40.1 Å². The summed E-state index contributed by atoms with van der Waals surface area (Å²) in [6, 6.07) is 29.1. The summed E-state index contributed by atoms with van der Waals surface area (Å²) in [4.78, 5) is 38.0. The maximum absolute atomic E-state index is 13.5. The number of sulfonamides is 2. The van der Waals surface area contributed by atoms with E-state index in [2.05, 4.69) is 9.44 Å². The van der Waals surface area contributed by atoms with Crippen molar-refractivity contribution in [2.45, 2.75) is 9.79 Å². The van der Waals surface area contributed by atoms with Crippen molar-refractivity contribution in [3.63, 3.8) is 0 Å². The van der Waals surface area contributed by atoms with Crippen LogP contribution in [0.15, 0.2) is 165 Å². The lowest BCUT2D eigenvalue weighted by atomic mass is 10.0. The van der Waals surface area contributed by atoms with E-state index >= 15 is 0 Å². The summed E-state index contributed by atoms with van der Waals surface area (Å²) < 4.78 is 68.2. The summed E-state index contributed by atoms with van der Waals surface area (Å²) in [6.45, 7) is 0. The zero-order chi connectivity index (χ0) is 36.7. The number of anilines is 2. The van der Waals surface area contributed by atoms with Crippen molar-refractivity contribution >= 4 is 60.9 Å². The highest BCUT2D eigenvalue weighted by atomic mass is 32.2. The van der Waals surface area contributed by atoms with Crippen LogP contribution in [0.5, 0.6) is 0 Å². The van der Waals surface area contributed by atoms with Crippen molar-refractivity contribution in [1.82, 2.24) is 0 Å². The first-order valence-corrected chi connectivity index (χ1v) is 18.5. The van der Waals surface area contributed by atoms with Crippen molar-refractivity contribution in [2.24, 2.45) is 0 Å². The van der Waals surface area contributed by atoms with Gasteiger partial charge in [-0.3, -0.25) is 23.8 Å². The van der Waals surface area contributed by atoms with Gasteiger partial charge in [-0.1, -0.05) is 24.3 Å². The molecule has 0 atom stereocenters. The first kappa shape index (κ1) is 35.3. The average molecular weight is 733 g/mol. The van der Waals surface area contributed by atoms with Crippen molar-refractivity contribution in [1.29, 1.82) is 0 Å². The molecule has 0 bridgehead atoms. The number of carbonyl (C=O) groups excluding carboxylic acids is 3. The lowest BCUT2D eigenvalue weighted by Crippen LogP contribution is -2.15. The van der Waals surface area contributed by atoms with Gasteiger partial charge in [0.05, 0.1) is 22.3 Å². The minimum absolute atomic E-state index is 0.0102. The van der Waals surface area contributed by atoms with Gasteiger partial charge in [-0.2, -0.15) is 0 Å². The molecule has 11 nitrogen and oxygen atoms in total. The molecule has 260 valence electrons. The summed E-state index contributed by atoms with van der Waals surface area (Å²) in [7, 11) is -8.32. The minimum atomic E-state index is -4.16. The third-order valence-electron chi connectivity index (χ3n) is 7.54. The molecule has 0 fully saturated rings. The van der Waals surface area contributed by atoms with Crippen LogP contribution in [0.2, 0.25) is 0 Å². The molecule has 2 N–H and O–H groups in total. The lowest BCUT2D eigenvalue weighted by molar-refractivity contribution is 0.103. The van der Waals surface area contributed by atoms with Crippen LogP contribution in [-0.4, -0.2) is 34.2 Å². The first-order chi connectivity index (χ1) is 25.0. The largest absolute Gasteiger partial charge is 0.465 e. The molecule has 0 unspecified atom stereocenters. The molecule has 0 radical (unpaired) electrons. The summed E-state index contributed by atoms with van der Waals surface area (Å²) in [5.41, 5.74) is 1.07. The van der Waals surface area contributed by atoms with Gasteiger partial charge >= 0.3 is 0 Å². The predicted molar refractivity (Wildman–Crippen MR) is 195 cm³/mol. The van der Waals surface area contributed by atoms with E-state index in [0.717, 1.165) is 0 Å². The molecule has 6 aromatic rings. The van der Waals surface area contributed by atoms with E-state index < -0.39 is 25.8 Å². The van der Waals surface area contributed by atoms with Crippen LogP contribution in [0.25, 0.3) is 12.2 Å². The van der Waals surface area contributed by atoms with Crippen LogP contribution >= 0.6 is 0 Å². The minimum Gasteiger partial charge on any atom is -0.465 e. The Bertz CT molecular complexity index is 2340. The van der Waals surface area contributed by atoms with Crippen LogP contribution in [0, 0.1) is 0 Å². The van der Waals surface area contributed by atoms with Gasteiger partial charge in [0.1, 0.15) is 11.5 Å². The fourth-order valence-electron chi connectivity index (χ4n) is 4.89. The van der Waals surface area contributed by atoms with Gasteiger partial charge < -0.3 is 8.83 Å². The number of hydrogen-bond acceptors (Lipinski definition) is 9. The molecular weight excluding hydrogens is 705 g/mol. The van der Waals surface area contributed by atoms with Crippen LogP contribution in [0.4, 0.5) is 11.4 Å². The van der Waals surface area contributed by atoms with E-state index in [9.17, 15) is 31.2 Å². The summed E-state index contributed by atoms with van der Waals surface area (Å²) >= 11 is 0. The number of carbonyl (C=O) groups is 3. The second-order valence-corrected chi connectivity index (χ2v) is 14.5. The number of ketones is 3. The van der Waals surface area contributed by atoms with E-state index in [0.29, 0.717) is 22.6 Å². The monoisotopic (exact) mass is 732 g/mol. The molecule has 0 amide bonds. The molecular formula is C39H28N2O9S2. The fraction of sp³-hybridized carbons (Fsp3) is 0. The third-order valence-corrected chi connectivity index (χ3v) is 10.3. The number of benzene rings is 4. The quantitative estimate of drug-likeness (QED) is 0.0851. The molecule has 2 heterocycles. The Balaban J connectivity index is 1.12. The standard InChI is InChI=1S/C39H28N2O9S2/c42-37(21-19-33-7-3-23-49-33)27-11-15-31(16-12-27)40-51(45,46)35-9-1-5-29(25-35)39(44)30-6-2-10-36(26-30)52(47,48)41-32-17-13-28(14-18-32)38(43)22-20-34-8-4-24-50-34/h1-26,40-41H/b21-19+,22-20+. The Hall–Kier alpha value is -6.57. The molecule has 0 saturated heterocycles. The molecule has 0 aliphatic carbocycles. The van der Waals surface area contributed by atoms with E-state index in [-0.39, 0.29) is 43.9 Å². The van der Waals surface area contributed by atoms with E-state index in [4.69, 9.17) is 8.83 Å². The zero-order valence-corrected chi connectivity index (χ0v) is 28.6. The van der Waals surface area contributed by atoms with Gasteiger partial charge in [-0.15, -0.1) is 0 Å². The molecule has 0 aliphatic rings. The molecule has 52 heavy (non-hydrogen) atoms. The van der Waals surface area contributed by atoms with Crippen LogP contribution in [0.3, 0.4) is 0 Å². The number of furan rings is 2.